The van der Waals surface area contributed by atoms with Crippen molar-refractivity contribution in [2.75, 3.05) is 12.4 Å². The number of nitrogens with one attached hydrogen (secondary N) is 1. The molecule has 1 atom stereocenters. The Bertz CT molecular complexity index is 674. The van der Waals surface area contributed by atoms with Crippen LogP contribution in [0.1, 0.15) is 30.2 Å². The molecule has 2 aromatic rings. The third-order valence-corrected chi connectivity index (χ3v) is 5.54. The number of pyridine rings is 1. The van der Waals surface area contributed by atoms with Gasteiger partial charge in [0.2, 0.25) is 0 Å². The maximum Gasteiger partial charge on any atom is 0.128 e. The summed E-state index contributed by atoms with van der Waals surface area (Å²) in [6.07, 6.45) is 3.87. The first-order valence-corrected chi connectivity index (χ1v) is 8.39. The molecule has 0 radical (unpaired) electrons. The minimum absolute atomic E-state index is 0.0237. The van der Waals surface area contributed by atoms with E-state index in [4.69, 9.17) is 4.74 Å². The molecule has 1 aromatic heterocycles. The highest BCUT2D eigenvalue weighted by Gasteiger charge is 2.32. The van der Waals surface area contributed by atoms with Gasteiger partial charge in [0, 0.05) is 33.6 Å². The average Bonchev–Trinajstić information content (AvgIpc) is 2.83. The molecule has 1 N–H and O–H groups in total. The van der Waals surface area contributed by atoms with Crippen LogP contribution in [-0.2, 0) is 6.42 Å². The van der Waals surface area contributed by atoms with Crippen LogP contribution in [0.3, 0.4) is 0 Å². The van der Waals surface area contributed by atoms with Gasteiger partial charge in [-0.25, -0.2) is 0 Å². The van der Waals surface area contributed by atoms with E-state index in [2.05, 4.69) is 48.4 Å². The first-order valence-electron chi connectivity index (χ1n) is 7.58. The van der Waals surface area contributed by atoms with Crippen LogP contribution in [0.5, 0.6) is 5.75 Å². The van der Waals surface area contributed by atoms with Gasteiger partial charge in [-0.05, 0) is 45.7 Å². The van der Waals surface area contributed by atoms with Crippen LogP contribution < -0.4 is 10.1 Å². The Balaban J connectivity index is 1.74. The van der Waals surface area contributed by atoms with Crippen LogP contribution in [0.4, 0.5) is 5.69 Å². The number of fused-ring (bicyclic) bond motifs is 1. The van der Waals surface area contributed by atoms with E-state index in [1.165, 1.54) is 10.6 Å². The van der Waals surface area contributed by atoms with Gasteiger partial charge in [-0.1, -0.05) is 23.9 Å². The zero-order valence-corrected chi connectivity index (χ0v) is 14.4. The fraction of sp³-hybridized carbons (Fsp3) is 0.389. The van der Waals surface area contributed by atoms with Crippen LogP contribution in [-0.4, -0.2) is 17.0 Å². The summed E-state index contributed by atoms with van der Waals surface area (Å²) < 4.78 is 5.50. The first-order chi connectivity index (χ1) is 10.5. The first kappa shape index (κ1) is 15.2. The topological polar surface area (TPSA) is 34.1 Å². The molecule has 3 nitrogen and oxygen atoms in total. The van der Waals surface area contributed by atoms with E-state index >= 15 is 0 Å². The molecular formula is C18H22N2OS. The number of hydrogen-bond acceptors (Lipinski definition) is 4. The molecule has 1 unspecified atom stereocenters. The molecule has 1 aliphatic heterocycles. The number of rotatable bonds is 4. The molecule has 0 saturated carbocycles. The number of para-hydroxylation sites is 1. The van der Waals surface area contributed by atoms with E-state index < -0.39 is 0 Å². The Morgan fingerprint density at radius 3 is 2.77 bits per heavy atom. The van der Waals surface area contributed by atoms with Gasteiger partial charge < -0.3 is 10.1 Å². The van der Waals surface area contributed by atoms with Crippen LogP contribution in [0.25, 0.3) is 0 Å². The monoisotopic (exact) mass is 314 g/mol. The molecule has 1 aromatic carbocycles. The fourth-order valence-corrected chi connectivity index (χ4v) is 4.23. The van der Waals surface area contributed by atoms with E-state index in [1.54, 1.807) is 7.11 Å². The predicted octanol–water partition coefficient (Wildman–Crippen LogP) is 4.57. The number of anilines is 1. The highest BCUT2D eigenvalue weighted by molar-refractivity contribution is 8.01. The number of thioether (sulfide) groups is 1. The molecule has 0 aliphatic carbocycles. The van der Waals surface area contributed by atoms with Gasteiger partial charge >= 0.3 is 0 Å². The lowest BCUT2D eigenvalue weighted by Gasteiger charge is -2.24. The normalized spacial score (nSPS) is 19.6. The zero-order chi connectivity index (χ0) is 15.7. The summed E-state index contributed by atoms with van der Waals surface area (Å²) >= 11 is 1.91. The van der Waals surface area contributed by atoms with Gasteiger partial charge in [0.05, 0.1) is 12.0 Å². The van der Waals surface area contributed by atoms with Crippen molar-refractivity contribution in [2.45, 2.75) is 43.4 Å². The average molecular weight is 314 g/mol. The molecule has 116 valence electrons. The summed E-state index contributed by atoms with van der Waals surface area (Å²) in [5, 5.41) is 3.64. The summed E-state index contributed by atoms with van der Waals surface area (Å²) in [7, 11) is 1.73. The molecule has 0 saturated heterocycles. The van der Waals surface area contributed by atoms with Gasteiger partial charge in [0.25, 0.3) is 0 Å². The molecule has 1 aliphatic rings. The fourth-order valence-electron chi connectivity index (χ4n) is 3.01. The molecule has 22 heavy (non-hydrogen) atoms. The van der Waals surface area contributed by atoms with Crippen molar-refractivity contribution in [1.29, 1.82) is 0 Å². The number of aromatic nitrogens is 1. The Kier molecular flexibility index (Phi) is 4.04. The largest absolute Gasteiger partial charge is 0.496 e. The van der Waals surface area contributed by atoms with E-state index in [1.807, 2.05) is 24.9 Å². The summed E-state index contributed by atoms with van der Waals surface area (Å²) in [4.78, 5) is 5.96. The molecule has 4 heteroatoms. The quantitative estimate of drug-likeness (QED) is 0.896. The minimum atomic E-state index is 0.0237. The standard InChI is InChI=1S/C18H22N2OS/c1-12-11-19-14(13(2)17(12)21-4)9-10-18(3)20-15-7-5-6-8-16(15)22-18/h5-8,11,20H,9-10H2,1-4H3. The van der Waals surface area contributed by atoms with Crippen LogP contribution in [0.2, 0.25) is 0 Å². The maximum atomic E-state index is 5.50. The van der Waals surface area contributed by atoms with Crippen molar-refractivity contribution in [1.82, 2.24) is 4.98 Å². The minimum Gasteiger partial charge on any atom is -0.496 e. The lowest BCUT2D eigenvalue weighted by Crippen LogP contribution is -2.27. The number of nitrogens with zero attached hydrogens (tertiary/aromatic N) is 1. The number of methoxy groups -OCH3 is 1. The van der Waals surface area contributed by atoms with Gasteiger partial charge in [-0.2, -0.15) is 0 Å². The second kappa shape index (κ2) is 5.84. The van der Waals surface area contributed by atoms with E-state index in [-0.39, 0.29) is 4.87 Å². The summed E-state index contributed by atoms with van der Waals surface area (Å²) in [6.45, 7) is 6.40. The Morgan fingerprint density at radius 1 is 1.27 bits per heavy atom. The van der Waals surface area contributed by atoms with Crippen molar-refractivity contribution in [3.05, 3.63) is 47.3 Å². The second-order valence-electron chi connectivity index (χ2n) is 6.00. The Morgan fingerprint density at radius 2 is 2.05 bits per heavy atom. The van der Waals surface area contributed by atoms with Crippen LogP contribution in [0.15, 0.2) is 35.4 Å². The molecule has 2 heterocycles. The van der Waals surface area contributed by atoms with Crippen molar-refractivity contribution in [3.63, 3.8) is 0 Å². The van der Waals surface area contributed by atoms with Gasteiger partial charge in [0.1, 0.15) is 5.75 Å². The van der Waals surface area contributed by atoms with Crippen molar-refractivity contribution >= 4 is 17.4 Å². The van der Waals surface area contributed by atoms with E-state index in [0.29, 0.717) is 0 Å². The smallest absolute Gasteiger partial charge is 0.128 e. The summed E-state index contributed by atoms with van der Waals surface area (Å²) in [6, 6.07) is 8.49. The van der Waals surface area contributed by atoms with Crippen LogP contribution >= 0.6 is 11.8 Å². The number of benzene rings is 1. The second-order valence-corrected chi connectivity index (χ2v) is 7.55. The van der Waals surface area contributed by atoms with Crippen molar-refractivity contribution in [3.8, 4) is 5.75 Å². The number of aryl methyl sites for hydroxylation is 2. The lowest BCUT2D eigenvalue weighted by atomic mass is 10.0. The molecular weight excluding hydrogens is 292 g/mol. The maximum absolute atomic E-state index is 5.50. The molecule has 0 amide bonds. The van der Waals surface area contributed by atoms with Crippen molar-refractivity contribution in [2.24, 2.45) is 0 Å². The molecule has 3 rings (SSSR count). The highest BCUT2D eigenvalue weighted by Crippen LogP contribution is 2.47. The third-order valence-electron chi connectivity index (χ3n) is 4.21. The third kappa shape index (κ3) is 2.80. The van der Waals surface area contributed by atoms with E-state index in [0.717, 1.165) is 35.4 Å². The number of hydrogen-bond donors (Lipinski definition) is 1. The van der Waals surface area contributed by atoms with Crippen LogP contribution in [0, 0.1) is 13.8 Å². The van der Waals surface area contributed by atoms with Crippen molar-refractivity contribution < 1.29 is 4.74 Å². The predicted molar refractivity (Wildman–Crippen MR) is 92.9 cm³/mol. The molecule has 0 bridgehead atoms. The van der Waals surface area contributed by atoms with E-state index in [9.17, 15) is 0 Å². The highest BCUT2D eigenvalue weighted by atomic mass is 32.2. The van der Waals surface area contributed by atoms with Gasteiger partial charge in [0.15, 0.2) is 0 Å². The Labute approximate surface area is 136 Å². The van der Waals surface area contributed by atoms with Gasteiger partial charge in [-0.3, -0.25) is 4.98 Å². The summed E-state index contributed by atoms with van der Waals surface area (Å²) in [5.74, 6) is 0.963. The summed E-state index contributed by atoms with van der Waals surface area (Å²) in [5.41, 5.74) is 4.62. The SMILES string of the molecule is COc1c(C)cnc(CCC2(C)Nc3ccccc3S2)c1C. The molecule has 0 spiro atoms. The van der Waals surface area contributed by atoms with Gasteiger partial charge in [-0.15, -0.1) is 0 Å². The zero-order valence-electron chi connectivity index (χ0n) is 13.6. The number of ether oxygens (including phenoxy) is 1. The Hall–Kier alpha value is -1.68. The lowest BCUT2D eigenvalue weighted by molar-refractivity contribution is 0.406. The molecule has 0 fully saturated rings.